The minimum absolute atomic E-state index is 0.0761. The van der Waals surface area contributed by atoms with Crippen LogP contribution in [0.1, 0.15) is 21.9 Å². The van der Waals surface area contributed by atoms with E-state index in [1.807, 2.05) is 73.8 Å². The summed E-state index contributed by atoms with van der Waals surface area (Å²) in [6.45, 7) is 2.25. The standard InChI is InChI=1S/C20H17N5O2/c1-14-17(13-25(23-14)16-10-6-3-7-11-16)18-22-20(27-24-18)19(26)21-12-15-8-4-2-5-9-15/h2-11,13H,12H2,1H3,(H,21,26). The summed E-state index contributed by atoms with van der Waals surface area (Å²) in [5.74, 6) is -0.155. The van der Waals surface area contributed by atoms with Crippen LogP contribution >= 0.6 is 0 Å². The molecule has 1 N–H and O–H groups in total. The highest BCUT2D eigenvalue weighted by Crippen LogP contribution is 2.21. The fourth-order valence-electron chi connectivity index (χ4n) is 2.67. The first kappa shape index (κ1) is 16.7. The topological polar surface area (TPSA) is 85.8 Å². The molecule has 0 atom stereocenters. The van der Waals surface area contributed by atoms with Crippen molar-refractivity contribution in [3.63, 3.8) is 0 Å². The van der Waals surface area contributed by atoms with Crippen LogP contribution in [-0.2, 0) is 6.54 Å². The molecule has 0 aliphatic rings. The number of carbonyl (C=O) groups excluding carboxylic acids is 1. The van der Waals surface area contributed by atoms with Crippen molar-refractivity contribution in [3.8, 4) is 17.1 Å². The van der Waals surface area contributed by atoms with E-state index in [1.165, 1.54) is 0 Å². The first-order chi connectivity index (χ1) is 13.2. The Kier molecular flexibility index (Phi) is 4.49. The molecule has 0 saturated heterocycles. The van der Waals surface area contributed by atoms with E-state index in [1.54, 1.807) is 4.68 Å². The maximum Gasteiger partial charge on any atom is 0.316 e. The van der Waals surface area contributed by atoms with Crippen molar-refractivity contribution >= 4 is 5.91 Å². The van der Waals surface area contributed by atoms with Gasteiger partial charge in [0, 0.05) is 12.7 Å². The van der Waals surface area contributed by atoms with Crippen LogP contribution in [0.25, 0.3) is 17.1 Å². The van der Waals surface area contributed by atoms with E-state index in [9.17, 15) is 4.79 Å². The number of aromatic nitrogens is 4. The Bertz CT molecular complexity index is 1050. The first-order valence-corrected chi connectivity index (χ1v) is 8.48. The Morgan fingerprint density at radius 1 is 1.07 bits per heavy atom. The number of carbonyl (C=O) groups is 1. The van der Waals surface area contributed by atoms with Gasteiger partial charge in [0.1, 0.15) is 0 Å². The maximum absolute atomic E-state index is 12.2. The number of amides is 1. The van der Waals surface area contributed by atoms with Crippen molar-refractivity contribution in [3.05, 3.63) is 84.0 Å². The minimum atomic E-state index is -0.411. The number of benzene rings is 2. The van der Waals surface area contributed by atoms with E-state index in [0.717, 1.165) is 16.9 Å². The van der Waals surface area contributed by atoms with Crippen LogP contribution in [-0.4, -0.2) is 25.8 Å². The van der Waals surface area contributed by atoms with Crippen LogP contribution in [0.3, 0.4) is 0 Å². The van der Waals surface area contributed by atoms with E-state index in [2.05, 4.69) is 20.6 Å². The predicted molar refractivity (Wildman–Crippen MR) is 99.2 cm³/mol. The highest BCUT2D eigenvalue weighted by Gasteiger charge is 2.19. The third kappa shape index (κ3) is 3.62. The summed E-state index contributed by atoms with van der Waals surface area (Å²) in [5.41, 5.74) is 3.38. The lowest BCUT2D eigenvalue weighted by molar-refractivity contribution is 0.0907. The van der Waals surface area contributed by atoms with Crippen molar-refractivity contribution < 1.29 is 9.32 Å². The molecule has 2 heterocycles. The molecule has 1 amide bonds. The van der Waals surface area contributed by atoms with Crippen molar-refractivity contribution in [2.45, 2.75) is 13.5 Å². The summed E-state index contributed by atoms with van der Waals surface area (Å²) in [5, 5.41) is 11.2. The molecule has 4 rings (SSSR count). The number of hydrogen-bond donors (Lipinski definition) is 1. The quantitative estimate of drug-likeness (QED) is 0.591. The second-order valence-electron chi connectivity index (χ2n) is 6.00. The first-order valence-electron chi connectivity index (χ1n) is 8.48. The van der Waals surface area contributed by atoms with Gasteiger partial charge in [0.2, 0.25) is 5.82 Å². The van der Waals surface area contributed by atoms with Gasteiger partial charge in [-0.25, -0.2) is 4.68 Å². The Hall–Kier alpha value is -3.74. The SMILES string of the molecule is Cc1nn(-c2ccccc2)cc1-c1noc(C(=O)NCc2ccccc2)n1. The summed E-state index contributed by atoms with van der Waals surface area (Å²) in [6.07, 6.45) is 1.82. The molecular weight excluding hydrogens is 342 g/mol. The predicted octanol–water partition coefficient (Wildman–Crippen LogP) is 3.16. The molecule has 0 aliphatic carbocycles. The average molecular weight is 359 g/mol. The number of nitrogens with one attached hydrogen (secondary N) is 1. The smallest absolute Gasteiger partial charge is 0.316 e. The minimum Gasteiger partial charge on any atom is -0.344 e. The van der Waals surface area contributed by atoms with E-state index in [4.69, 9.17) is 4.52 Å². The highest BCUT2D eigenvalue weighted by molar-refractivity contribution is 5.89. The average Bonchev–Trinajstić information content (AvgIpc) is 3.34. The van der Waals surface area contributed by atoms with Crippen LogP contribution in [0.15, 0.2) is 71.4 Å². The molecule has 0 spiro atoms. The molecule has 0 saturated carbocycles. The lowest BCUT2D eigenvalue weighted by Gasteiger charge is -2.01. The molecule has 0 unspecified atom stereocenters. The Morgan fingerprint density at radius 3 is 2.52 bits per heavy atom. The number of aryl methyl sites for hydroxylation is 1. The summed E-state index contributed by atoms with van der Waals surface area (Å²) in [4.78, 5) is 16.5. The van der Waals surface area contributed by atoms with Gasteiger partial charge in [-0.15, -0.1) is 0 Å². The fourth-order valence-corrected chi connectivity index (χ4v) is 2.67. The zero-order chi connectivity index (χ0) is 18.6. The van der Waals surface area contributed by atoms with Gasteiger partial charge in [-0.2, -0.15) is 10.1 Å². The molecule has 7 nitrogen and oxygen atoms in total. The zero-order valence-electron chi connectivity index (χ0n) is 14.7. The molecule has 7 heteroatoms. The van der Waals surface area contributed by atoms with Crippen LogP contribution < -0.4 is 5.32 Å². The molecule has 2 aromatic heterocycles. The van der Waals surface area contributed by atoms with E-state index < -0.39 is 5.91 Å². The second kappa shape index (κ2) is 7.25. The molecule has 4 aromatic rings. The third-order valence-corrected chi connectivity index (χ3v) is 4.08. The fraction of sp³-hybridized carbons (Fsp3) is 0.100. The molecule has 134 valence electrons. The van der Waals surface area contributed by atoms with E-state index >= 15 is 0 Å². The molecular formula is C20H17N5O2. The monoisotopic (exact) mass is 359 g/mol. The van der Waals surface area contributed by atoms with E-state index in [0.29, 0.717) is 17.9 Å². The van der Waals surface area contributed by atoms with Crippen LogP contribution in [0.5, 0.6) is 0 Å². The Balaban J connectivity index is 1.51. The third-order valence-electron chi connectivity index (χ3n) is 4.08. The normalized spacial score (nSPS) is 10.7. The lowest BCUT2D eigenvalue weighted by Crippen LogP contribution is -2.23. The van der Waals surface area contributed by atoms with Crippen molar-refractivity contribution in [2.75, 3.05) is 0 Å². The molecule has 0 aliphatic heterocycles. The summed E-state index contributed by atoms with van der Waals surface area (Å²) in [7, 11) is 0. The number of nitrogens with zero attached hydrogens (tertiary/aromatic N) is 4. The van der Waals surface area contributed by atoms with Crippen LogP contribution in [0.2, 0.25) is 0 Å². The zero-order valence-corrected chi connectivity index (χ0v) is 14.7. The van der Waals surface area contributed by atoms with Gasteiger partial charge < -0.3 is 9.84 Å². The van der Waals surface area contributed by atoms with Gasteiger partial charge in [0.15, 0.2) is 0 Å². The van der Waals surface area contributed by atoms with Gasteiger partial charge in [-0.3, -0.25) is 4.79 Å². The lowest BCUT2D eigenvalue weighted by atomic mass is 10.2. The van der Waals surface area contributed by atoms with E-state index in [-0.39, 0.29) is 5.89 Å². The highest BCUT2D eigenvalue weighted by atomic mass is 16.5. The molecule has 0 fully saturated rings. The van der Waals surface area contributed by atoms with Crippen molar-refractivity contribution in [2.24, 2.45) is 0 Å². The summed E-state index contributed by atoms with van der Waals surface area (Å²) >= 11 is 0. The summed E-state index contributed by atoms with van der Waals surface area (Å²) < 4.78 is 6.88. The number of hydrogen-bond acceptors (Lipinski definition) is 5. The summed E-state index contributed by atoms with van der Waals surface area (Å²) in [6, 6.07) is 19.4. The Morgan fingerprint density at radius 2 is 1.78 bits per heavy atom. The number of rotatable bonds is 5. The van der Waals surface area contributed by atoms with Gasteiger partial charge in [0.05, 0.1) is 16.9 Å². The largest absolute Gasteiger partial charge is 0.344 e. The molecule has 0 radical (unpaired) electrons. The number of para-hydroxylation sites is 1. The Labute approximate surface area is 155 Å². The molecule has 0 bridgehead atoms. The van der Waals surface area contributed by atoms with Gasteiger partial charge >= 0.3 is 11.8 Å². The molecule has 2 aromatic carbocycles. The van der Waals surface area contributed by atoms with Crippen molar-refractivity contribution in [1.29, 1.82) is 0 Å². The van der Waals surface area contributed by atoms with Crippen LogP contribution in [0, 0.1) is 6.92 Å². The molecule has 27 heavy (non-hydrogen) atoms. The van der Waals surface area contributed by atoms with Gasteiger partial charge in [-0.05, 0) is 24.6 Å². The van der Waals surface area contributed by atoms with Gasteiger partial charge in [-0.1, -0.05) is 53.7 Å². The van der Waals surface area contributed by atoms with Gasteiger partial charge in [0.25, 0.3) is 0 Å². The second-order valence-corrected chi connectivity index (χ2v) is 6.00. The van der Waals surface area contributed by atoms with Crippen LogP contribution in [0.4, 0.5) is 0 Å². The van der Waals surface area contributed by atoms with Crippen molar-refractivity contribution in [1.82, 2.24) is 25.2 Å². The maximum atomic E-state index is 12.2.